The second-order valence-corrected chi connectivity index (χ2v) is 14.3. The van der Waals surface area contributed by atoms with Gasteiger partial charge in [-0.15, -0.1) is 0 Å². The molecule has 2 aliphatic heterocycles. The molecule has 4 saturated carbocycles. The third-order valence-corrected chi connectivity index (χ3v) is 12.6. The van der Waals surface area contributed by atoms with Gasteiger partial charge in [0.25, 0.3) is 0 Å². The molecular weight excluding hydrogens is 436 g/mol. The molecule has 0 unspecified atom stereocenters. The fraction of sp³-hybridized carbons (Fsp3) is 0.968. The number of hydrogen-bond acceptors (Lipinski definition) is 4. The summed E-state index contributed by atoms with van der Waals surface area (Å²) in [5.41, 5.74) is 0.823. The van der Waals surface area contributed by atoms with Crippen LogP contribution in [0.5, 0.6) is 0 Å². The molecule has 6 rings (SSSR count). The molecule has 0 aromatic carbocycles. The fourth-order valence-electron chi connectivity index (χ4n) is 10.8. The number of fused-ring (bicyclic) bond motifs is 7. The van der Waals surface area contributed by atoms with E-state index in [4.69, 9.17) is 14.2 Å². The van der Waals surface area contributed by atoms with Crippen LogP contribution >= 0.6 is 0 Å². The van der Waals surface area contributed by atoms with Gasteiger partial charge in [0.05, 0.1) is 12.7 Å². The van der Waals surface area contributed by atoms with Crippen LogP contribution in [0.3, 0.4) is 0 Å². The van der Waals surface area contributed by atoms with E-state index >= 15 is 0 Å². The average molecular weight is 487 g/mol. The Morgan fingerprint density at radius 3 is 2.49 bits per heavy atom. The van der Waals surface area contributed by atoms with Crippen molar-refractivity contribution in [3.8, 4) is 0 Å². The van der Waals surface area contributed by atoms with Gasteiger partial charge < -0.3 is 14.2 Å². The van der Waals surface area contributed by atoms with Gasteiger partial charge in [-0.05, 0) is 111 Å². The van der Waals surface area contributed by atoms with E-state index in [1.807, 2.05) is 0 Å². The lowest BCUT2D eigenvalue weighted by molar-refractivity contribution is -0.273. The van der Waals surface area contributed by atoms with Crippen LogP contribution < -0.4 is 0 Å². The molecule has 4 aliphatic carbocycles. The molecule has 1 spiro atoms. The number of carbonyl (C=O) groups is 1. The van der Waals surface area contributed by atoms with Crippen LogP contribution in [0.1, 0.15) is 112 Å². The molecule has 2 saturated heterocycles. The third-order valence-electron chi connectivity index (χ3n) is 12.6. The minimum Gasteiger partial charge on any atom is -0.462 e. The molecule has 0 amide bonds. The molecule has 0 bridgehead atoms. The molecule has 0 N–H and O–H groups in total. The number of carbonyl (C=O) groups excluding carboxylic acids is 1. The molecule has 4 nitrogen and oxygen atoms in total. The van der Waals surface area contributed by atoms with E-state index in [0.29, 0.717) is 41.1 Å². The van der Waals surface area contributed by atoms with Gasteiger partial charge in [-0.2, -0.15) is 0 Å². The van der Waals surface area contributed by atoms with Crippen LogP contribution in [0.25, 0.3) is 0 Å². The first-order chi connectivity index (χ1) is 16.7. The summed E-state index contributed by atoms with van der Waals surface area (Å²) in [4.78, 5) is 12.1. The highest BCUT2D eigenvalue weighted by molar-refractivity contribution is 5.69. The Hall–Kier alpha value is -0.610. The molecule has 0 aromatic rings. The summed E-state index contributed by atoms with van der Waals surface area (Å²) in [6.45, 7) is 12.9. The normalized spacial score (nSPS) is 55.1. The summed E-state index contributed by atoms with van der Waals surface area (Å²) in [6.07, 6.45) is 14.4. The Bertz CT molecular complexity index is 817. The largest absolute Gasteiger partial charge is 0.462 e. The lowest BCUT2D eigenvalue weighted by Gasteiger charge is -2.61. The predicted molar refractivity (Wildman–Crippen MR) is 137 cm³/mol. The van der Waals surface area contributed by atoms with E-state index in [9.17, 15) is 4.79 Å². The molecule has 0 radical (unpaired) electrons. The van der Waals surface area contributed by atoms with Crippen LogP contribution in [-0.2, 0) is 19.0 Å². The second kappa shape index (κ2) is 8.72. The molecule has 6 aliphatic rings. The number of hydrogen-bond donors (Lipinski definition) is 0. The summed E-state index contributed by atoms with van der Waals surface area (Å²) in [5.74, 6) is 4.74. The van der Waals surface area contributed by atoms with Gasteiger partial charge in [0.1, 0.15) is 6.10 Å². The molecule has 0 aromatic heterocycles. The second-order valence-electron chi connectivity index (χ2n) is 14.3. The van der Waals surface area contributed by atoms with Gasteiger partial charge in [-0.3, -0.25) is 4.79 Å². The lowest BCUT2D eigenvalue weighted by atomic mass is 9.44. The summed E-state index contributed by atoms with van der Waals surface area (Å²) in [6, 6.07) is 0. The summed E-state index contributed by atoms with van der Waals surface area (Å²) in [5, 5.41) is 0. The highest BCUT2D eigenvalue weighted by atomic mass is 16.7. The fourth-order valence-corrected chi connectivity index (χ4v) is 10.8. The van der Waals surface area contributed by atoms with E-state index in [1.54, 1.807) is 0 Å². The monoisotopic (exact) mass is 486 g/mol. The minimum absolute atomic E-state index is 0.0176. The van der Waals surface area contributed by atoms with E-state index in [1.165, 1.54) is 44.9 Å². The Labute approximate surface area is 213 Å². The smallest absolute Gasteiger partial charge is 0.306 e. The van der Waals surface area contributed by atoms with Gasteiger partial charge in [0, 0.05) is 18.8 Å². The first-order valence-electron chi connectivity index (χ1n) is 15.2. The third kappa shape index (κ3) is 3.69. The van der Waals surface area contributed by atoms with Crippen LogP contribution in [0.2, 0.25) is 0 Å². The van der Waals surface area contributed by atoms with Crippen molar-refractivity contribution >= 4 is 5.97 Å². The Kier molecular flexibility index (Phi) is 6.15. The highest BCUT2D eigenvalue weighted by Gasteiger charge is 2.69. The van der Waals surface area contributed by atoms with E-state index in [2.05, 4.69) is 34.6 Å². The standard InChI is InChI=1S/C31H50O4/c1-6-7-27(32)34-22-11-13-29(4)21(16-22)8-9-23-24(29)12-14-30(5)25(23)17-26-28(30)20(3)31(35-26)15-10-19(2)18-33-31/h19-26,28H,6-18H2,1-5H3/t19-,20-,21-,22-,23+,24-,25-,26-,28-,29-,30-,31+/m0/s1. The van der Waals surface area contributed by atoms with Crippen molar-refractivity contribution < 1.29 is 19.0 Å². The van der Waals surface area contributed by atoms with Gasteiger partial charge >= 0.3 is 5.97 Å². The van der Waals surface area contributed by atoms with Gasteiger partial charge in [-0.1, -0.05) is 34.6 Å². The zero-order chi connectivity index (χ0) is 24.6. The van der Waals surface area contributed by atoms with Gasteiger partial charge in [0.15, 0.2) is 5.79 Å². The van der Waals surface area contributed by atoms with Crippen LogP contribution in [-0.4, -0.2) is 30.6 Å². The number of rotatable bonds is 3. The van der Waals surface area contributed by atoms with Crippen molar-refractivity contribution in [3.05, 3.63) is 0 Å². The Morgan fingerprint density at radius 1 is 0.943 bits per heavy atom. The minimum atomic E-state index is -0.302. The average Bonchev–Trinajstić information content (AvgIpc) is 3.26. The van der Waals surface area contributed by atoms with Crippen molar-refractivity contribution in [3.63, 3.8) is 0 Å². The van der Waals surface area contributed by atoms with Crippen molar-refractivity contribution in [2.24, 2.45) is 52.3 Å². The molecule has 2 heterocycles. The molecule has 4 heteroatoms. The zero-order valence-corrected chi connectivity index (χ0v) is 23.0. The Balaban J connectivity index is 1.17. The van der Waals surface area contributed by atoms with Crippen molar-refractivity contribution in [2.45, 2.75) is 130 Å². The first kappa shape index (κ1) is 24.7. The maximum absolute atomic E-state index is 12.1. The zero-order valence-electron chi connectivity index (χ0n) is 23.0. The SMILES string of the molecule is CCCC(=O)O[C@H]1CC[C@@]2(C)[C@@H](CC[C@@H]3[C@@H]2CC[C@]2(C)[C@@H]4[C@H](C[C@@H]32)O[C@]2(CC[C@H](C)CO2)[C@H]4C)C1. The highest BCUT2D eigenvalue weighted by Crippen LogP contribution is 2.71. The number of esters is 1. The number of ether oxygens (including phenoxy) is 3. The maximum atomic E-state index is 12.1. The summed E-state index contributed by atoms with van der Waals surface area (Å²) in [7, 11) is 0. The van der Waals surface area contributed by atoms with E-state index < -0.39 is 0 Å². The predicted octanol–water partition coefficient (Wildman–Crippen LogP) is 7.14. The summed E-state index contributed by atoms with van der Waals surface area (Å²) < 4.78 is 19.3. The molecule has 6 fully saturated rings. The maximum Gasteiger partial charge on any atom is 0.306 e. The first-order valence-corrected chi connectivity index (χ1v) is 15.2. The van der Waals surface area contributed by atoms with Crippen molar-refractivity contribution in [2.75, 3.05) is 6.61 Å². The molecule has 198 valence electrons. The summed E-state index contributed by atoms with van der Waals surface area (Å²) >= 11 is 0. The van der Waals surface area contributed by atoms with E-state index in [0.717, 1.165) is 56.0 Å². The van der Waals surface area contributed by atoms with Crippen LogP contribution in [0.4, 0.5) is 0 Å². The Morgan fingerprint density at radius 2 is 1.74 bits per heavy atom. The quantitative estimate of drug-likeness (QED) is 0.398. The van der Waals surface area contributed by atoms with E-state index in [-0.39, 0.29) is 17.9 Å². The van der Waals surface area contributed by atoms with Crippen molar-refractivity contribution in [1.29, 1.82) is 0 Å². The van der Waals surface area contributed by atoms with Gasteiger partial charge in [0.2, 0.25) is 0 Å². The van der Waals surface area contributed by atoms with Crippen LogP contribution in [0.15, 0.2) is 0 Å². The topological polar surface area (TPSA) is 44.8 Å². The molecule has 12 atom stereocenters. The molecular formula is C31H50O4. The van der Waals surface area contributed by atoms with Gasteiger partial charge in [-0.25, -0.2) is 0 Å². The van der Waals surface area contributed by atoms with Crippen molar-refractivity contribution in [1.82, 2.24) is 0 Å². The lowest BCUT2D eigenvalue weighted by Crippen LogP contribution is -2.55. The van der Waals surface area contributed by atoms with Crippen LogP contribution in [0, 0.1) is 52.3 Å². The molecule has 35 heavy (non-hydrogen) atoms.